The van der Waals surface area contributed by atoms with E-state index in [1.165, 1.54) is 12.1 Å². The molecule has 0 radical (unpaired) electrons. The van der Waals surface area contributed by atoms with Crippen LogP contribution in [0, 0.1) is 11.3 Å². The second kappa shape index (κ2) is 7.36. The highest BCUT2D eigenvalue weighted by atomic mass is 32.2. The number of aryl methyl sites for hydroxylation is 1. The van der Waals surface area contributed by atoms with Crippen molar-refractivity contribution in [1.29, 1.82) is 5.26 Å². The normalized spacial score (nSPS) is 11.0. The van der Waals surface area contributed by atoms with Gasteiger partial charge in [-0.2, -0.15) is 18.4 Å². The first-order valence-electron chi connectivity index (χ1n) is 6.28. The van der Waals surface area contributed by atoms with Crippen molar-refractivity contribution in [1.82, 2.24) is 0 Å². The van der Waals surface area contributed by atoms with E-state index in [9.17, 15) is 18.0 Å². The molecule has 0 amide bonds. The van der Waals surface area contributed by atoms with Crippen LogP contribution in [0.25, 0.3) is 0 Å². The average Bonchev–Trinajstić information content (AvgIpc) is 2.38. The molecule has 0 aliphatic heterocycles. The molecule has 7 heteroatoms. The molecule has 0 fully saturated rings. The topological polar surface area (TPSA) is 50.1 Å². The molecule has 0 aromatic heterocycles. The van der Waals surface area contributed by atoms with Crippen LogP contribution in [0.2, 0.25) is 0 Å². The third kappa shape index (κ3) is 5.31. The van der Waals surface area contributed by atoms with Crippen LogP contribution < -0.4 is 0 Å². The number of esters is 1. The van der Waals surface area contributed by atoms with Crippen molar-refractivity contribution in [3.63, 3.8) is 0 Å². The summed E-state index contributed by atoms with van der Waals surface area (Å²) in [5.41, 5.74) is -3.42. The first-order chi connectivity index (χ1) is 9.80. The standard InChI is InChI=1S/C14H14F3NO2S/c1-3-9-6-12(21-14(15,16)17)11(8-18)5-10(9)7-13(19)20-4-2/h5-6H,3-4,7H2,1-2H3. The van der Waals surface area contributed by atoms with Crippen LogP contribution in [-0.4, -0.2) is 18.1 Å². The Balaban J connectivity index is 3.17. The van der Waals surface area contributed by atoms with Gasteiger partial charge in [0.25, 0.3) is 0 Å². The molecule has 0 atom stereocenters. The monoisotopic (exact) mass is 317 g/mol. The fraction of sp³-hybridized carbons (Fsp3) is 0.429. The fourth-order valence-corrected chi connectivity index (χ4v) is 2.49. The number of rotatable bonds is 5. The van der Waals surface area contributed by atoms with Crippen LogP contribution in [0.5, 0.6) is 0 Å². The van der Waals surface area contributed by atoms with Crippen molar-refractivity contribution in [2.45, 2.75) is 37.1 Å². The van der Waals surface area contributed by atoms with Gasteiger partial charge in [0, 0.05) is 4.90 Å². The molecule has 114 valence electrons. The molecular weight excluding hydrogens is 303 g/mol. The Labute approximate surface area is 125 Å². The quantitative estimate of drug-likeness (QED) is 0.611. The zero-order valence-electron chi connectivity index (χ0n) is 11.6. The van der Waals surface area contributed by atoms with Gasteiger partial charge in [-0.1, -0.05) is 6.92 Å². The molecule has 0 unspecified atom stereocenters. The summed E-state index contributed by atoms with van der Waals surface area (Å²) in [6.45, 7) is 3.67. The van der Waals surface area contributed by atoms with Crippen molar-refractivity contribution in [2.24, 2.45) is 0 Å². The maximum Gasteiger partial charge on any atom is 0.446 e. The van der Waals surface area contributed by atoms with Crippen LogP contribution >= 0.6 is 11.8 Å². The minimum atomic E-state index is -4.46. The molecule has 0 aliphatic rings. The van der Waals surface area contributed by atoms with Gasteiger partial charge in [-0.25, -0.2) is 0 Å². The minimum Gasteiger partial charge on any atom is -0.466 e. The molecule has 3 nitrogen and oxygen atoms in total. The van der Waals surface area contributed by atoms with Gasteiger partial charge >= 0.3 is 11.5 Å². The highest BCUT2D eigenvalue weighted by Gasteiger charge is 2.31. The summed E-state index contributed by atoms with van der Waals surface area (Å²) in [4.78, 5) is 11.4. The zero-order chi connectivity index (χ0) is 16.0. The molecule has 0 saturated heterocycles. The average molecular weight is 317 g/mol. The number of nitriles is 1. The zero-order valence-corrected chi connectivity index (χ0v) is 12.4. The van der Waals surface area contributed by atoms with Crippen LogP contribution in [0.1, 0.15) is 30.5 Å². The number of ether oxygens (including phenoxy) is 1. The Morgan fingerprint density at radius 3 is 2.48 bits per heavy atom. The molecule has 1 rings (SSSR count). The summed E-state index contributed by atoms with van der Waals surface area (Å²) in [5.74, 6) is -0.465. The van der Waals surface area contributed by atoms with E-state index in [0.29, 0.717) is 17.5 Å². The second-order valence-corrected chi connectivity index (χ2v) is 5.22. The third-order valence-electron chi connectivity index (χ3n) is 2.67. The maximum atomic E-state index is 12.5. The van der Waals surface area contributed by atoms with E-state index in [2.05, 4.69) is 0 Å². The number of benzene rings is 1. The van der Waals surface area contributed by atoms with Gasteiger partial charge in [0.2, 0.25) is 0 Å². The SMILES string of the molecule is CCOC(=O)Cc1cc(C#N)c(SC(F)(F)F)cc1CC. The summed E-state index contributed by atoms with van der Waals surface area (Å²) in [7, 11) is 0. The summed E-state index contributed by atoms with van der Waals surface area (Å²) in [6, 6.07) is 4.40. The molecule has 1 aromatic carbocycles. The Kier molecular flexibility index (Phi) is 6.09. The van der Waals surface area contributed by atoms with Gasteiger partial charge in [0.1, 0.15) is 6.07 Å². The molecule has 1 aromatic rings. The predicted octanol–water partition coefficient (Wildman–Crippen LogP) is 3.84. The van der Waals surface area contributed by atoms with E-state index < -0.39 is 11.5 Å². The van der Waals surface area contributed by atoms with Crippen molar-refractivity contribution < 1.29 is 22.7 Å². The summed E-state index contributed by atoms with van der Waals surface area (Å²) >= 11 is -0.319. The Hall–Kier alpha value is -1.68. The van der Waals surface area contributed by atoms with E-state index in [4.69, 9.17) is 10.00 Å². The van der Waals surface area contributed by atoms with Crippen molar-refractivity contribution in [3.8, 4) is 6.07 Å². The number of hydrogen-bond donors (Lipinski definition) is 0. The number of alkyl halides is 3. The smallest absolute Gasteiger partial charge is 0.446 e. The minimum absolute atomic E-state index is 0.0529. The van der Waals surface area contributed by atoms with Crippen molar-refractivity contribution in [2.75, 3.05) is 6.61 Å². The van der Waals surface area contributed by atoms with Gasteiger partial charge in [0.15, 0.2) is 0 Å². The molecule has 0 bridgehead atoms. The van der Waals surface area contributed by atoms with Gasteiger partial charge in [-0.3, -0.25) is 4.79 Å². The lowest BCUT2D eigenvalue weighted by Crippen LogP contribution is -2.10. The Bertz CT molecular complexity index is 565. The summed E-state index contributed by atoms with van der Waals surface area (Å²) in [5, 5.41) is 8.99. The number of nitrogens with zero attached hydrogens (tertiary/aromatic N) is 1. The number of thioether (sulfide) groups is 1. The highest BCUT2D eigenvalue weighted by Crippen LogP contribution is 2.39. The van der Waals surface area contributed by atoms with Crippen molar-refractivity contribution >= 4 is 17.7 Å². The molecule has 0 heterocycles. The molecule has 0 spiro atoms. The largest absolute Gasteiger partial charge is 0.466 e. The number of halogens is 3. The highest BCUT2D eigenvalue weighted by molar-refractivity contribution is 8.00. The Morgan fingerprint density at radius 2 is 2.00 bits per heavy atom. The van der Waals surface area contributed by atoms with E-state index in [1.807, 2.05) is 0 Å². The van der Waals surface area contributed by atoms with Gasteiger partial charge in [-0.15, -0.1) is 0 Å². The number of carbonyl (C=O) groups excluding carboxylic acids is 1. The lowest BCUT2D eigenvalue weighted by Gasteiger charge is -2.13. The van der Waals surface area contributed by atoms with E-state index in [-0.39, 0.29) is 35.2 Å². The van der Waals surface area contributed by atoms with Crippen LogP contribution in [0.3, 0.4) is 0 Å². The van der Waals surface area contributed by atoms with Crippen LogP contribution in [-0.2, 0) is 22.4 Å². The van der Waals surface area contributed by atoms with E-state index in [1.54, 1.807) is 19.9 Å². The summed E-state index contributed by atoms with van der Waals surface area (Å²) < 4.78 is 42.3. The van der Waals surface area contributed by atoms with E-state index in [0.717, 1.165) is 0 Å². The Morgan fingerprint density at radius 1 is 1.33 bits per heavy atom. The lowest BCUT2D eigenvalue weighted by molar-refractivity contribution is -0.142. The predicted molar refractivity (Wildman–Crippen MR) is 72.8 cm³/mol. The number of hydrogen-bond acceptors (Lipinski definition) is 4. The first kappa shape index (κ1) is 17.4. The van der Waals surface area contributed by atoms with Crippen LogP contribution in [0.15, 0.2) is 17.0 Å². The van der Waals surface area contributed by atoms with Crippen LogP contribution in [0.4, 0.5) is 13.2 Å². The van der Waals surface area contributed by atoms with Gasteiger partial charge in [0.05, 0.1) is 18.6 Å². The molecule has 21 heavy (non-hydrogen) atoms. The number of carbonyl (C=O) groups is 1. The molecular formula is C14H14F3NO2S. The van der Waals surface area contributed by atoms with Gasteiger partial charge < -0.3 is 4.74 Å². The maximum absolute atomic E-state index is 12.5. The molecule has 0 saturated carbocycles. The lowest BCUT2D eigenvalue weighted by atomic mass is 10.00. The molecule has 0 N–H and O–H groups in total. The first-order valence-corrected chi connectivity index (χ1v) is 7.09. The van der Waals surface area contributed by atoms with Gasteiger partial charge in [-0.05, 0) is 48.4 Å². The van der Waals surface area contributed by atoms with Crippen molar-refractivity contribution in [3.05, 3.63) is 28.8 Å². The molecule has 0 aliphatic carbocycles. The summed E-state index contributed by atoms with van der Waals surface area (Å²) in [6.07, 6.45) is 0.411. The van der Waals surface area contributed by atoms with E-state index >= 15 is 0 Å². The second-order valence-electron chi connectivity index (χ2n) is 4.11. The third-order valence-corrected chi connectivity index (χ3v) is 3.46. The fourth-order valence-electron chi connectivity index (χ4n) is 1.82.